The Kier molecular flexibility index (Phi) is 5.58. The van der Waals surface area contributed by atoms with Crippen LogP contribution in [0.1, 0.15) is 45.4 Å². The molecule has 2 atom stereocenters. The summed E-state index contributed by atoms with van der Waals surface area (Å²) in [5, 5.41) is 15.2. The minimum Gasteiger partial charge on any atom is -0.479 e. The van der Waals surface area contributed by atoms with Gasteiger partial charge in [0, 0.05) is 6.54 Å². The average Bonchev–Trinajstić information content (AvgIpc) is 2.95. The number of hydrogen-bond acceptors (Lipinski definition) is 4. The normalized spacial score (nSPS) is 28.2. The van der Waals surface area contributed by atoms with Crippen LogP contribution >= 0.6 is 0 Å². The molecule has 120 valence electrons. The Balaban J connectivity index is 1.84. The third kappa shape index (κ3) is 3.95. The quantitative estimate of drug-likeness (QED) is 0.678. The molecule has 2 heterocycles. The second kappa shape index (κ2) is 7.22. The molecule has 3 N–H and O–H groups in total. The van der Waals surface area contributed by atoms with Crippen LogP contribution < -0.4 is 10.6 Å². The topological polar surface area (TPSA) is 87.7 Å². The molecule has 2 saturated heterocycles. The lowest BCUT2D eigenvalue weighted by atomic mass is 9.74. The van der Waals surface area contributed by atoms with Crippen LogP contribution in [0.15, 0.2) is 0 Å². The second-order valence-corrected chi connectivity index (χ2v) is 6.15. The molecule has 6 nitrogen and oxygen atoms in total. The number of carboxylic acids is 1. The van der Waals surface area contributed by atoms with E-state index in [0.29, 0.717) is 19.4 Å². The van der Waals surface area contributed by atoms with Gasteiger partial charge in [0.15, 0.2) is 6.10 Å². The average molecular weight is 298 g/mol. The van der Waals surface area contributed by atoms with Gasteiger partial charge in [0.1, 0.15) is 0 Å². The fourth-order valence-corrected chi connectivity index (χ4v) is 3.41. The van der Waals surface area contributed by atoms with Gasteiger partial charge in [0.25, 0.3) is 0 Å². The number of ether oxygens (including phenoxy) is 1. The van der Waals surface area contributed by atoms with Crippen molar-refractivity contribution in [3.8, 4) is 0 Å². The number of carbonyl (C=O) groups excluding carboxylic acids is 1. The van der Waals surface area contributed by atoms with E-state index in [1.54, 1.807) is 0 Å². The Morgan fingerprint density at radius 3 is 2.62 bits per heavy atom. The third-order valence-corrected chi connectivity index (χ3v) is 4.64. The monoisotopic (exact) mass is 298 g/mol. The van der Waals surface area contributed by atoms with Gasteiger partial charge in [-0.3, -0.25) is 4.79 Å². The van der Waals surface area contributed by atoms with Crippen molar-refractivity contribution < 1.29 is 19.4 Å². The van der Waals surface area contributed by atoms with Gasteiger partial charge in [0.2, 0.25) is 5.91 Å². The summed E-state index contributed by atoms with van der Waals surface area (Å²) in [7, 11) is 0. The number of carbonyl (C=O) groups is 2. The van der Waals surface area contributed by atoms with Gasteiger partial charge in [0.05, 0.1) is 11.5 Å². The lowest BCUT2D eigenvalue weighted by Crippen LogP contribution is -2.49. The van der Waals surface area contributed by atoms with E-state index in [-0.39, 0.29) is 17.4 Å². The molecule has 2 fully saturated rings. The molecule has 2 rings (SSSR count). The Hall–Kier alpha value is -1.14. The summed E-state index contributed by atoms with van der Waals surface area (Å²) in [6.07, 6.45) is 3.98. The maximum absolute atomic E-state index is 12.6. The van der Waals surface area contributed by atoms with Gasteiger partial charge in [-0.05, 0) is 45.2 Å². The molecule has 0 aromatic carbocycles. The van der Waals surface area contributed by atoms with Crippen LogP contribution in [0.5, 0.6) is 0 Å². The van der Waals surface area contributed by atoms with E-state index < -0.39 is 12.1 Å². The van der Waals surface area contributed by atoms with Crippen molar-refractivity contribution in [3.63, 3.8) is 0 Å². The molecule has 0 aliphatic carbocycles. The molecule has 0 aromatic heterocycles. The van der Waals surface area contributed by atoms with Crippen molar-refractivity contribution in [1.29, 1.82) is 0 Å². The highest BCUT2D eigenvalue weighted by Crippen LogP contribution is 2.34. The summed E-state index contributed by atoms with van der Waals surface area (Å²) in [6, 6.07) is 0. The Morgan fingerprint density at radius 2 is 2.05 bits per heavy atom. The van der Waals surface area contributed by atoms with Crippen LogP contribution in [-0.4, -0.2) is 48.8 Å². The van der Waals surface area contributed by atoms with Crippen LogP contribution in [0.2, 0.25) is 0 Å². The zero-order chi connectivity index (χ0) is 15.3. The molecule has 21 heavy (non-hydrogen) atoms. The standard InChI is InChI=1S/C15H26N2O4/c1-2-5-15(6-8-16-9-7-15)14(20)17-10-11-3-4-12(21-11)13(18)19/h11-12,16H,2-10H2,1H3,(H,17,20)(H,18,19). The van der Waals surface area contributed by atoms with E-state index in [0.717, 1.165) is 38.8 Å². The first-order valence-corrected chi connectivity index (χ1v) is 7.95. The van der Waals surface area contributed by atoms with E-state index in [2.05, 4.69) is 17.6 Å². The van der Waals surface area contributed by atoms with Crippen molar-refractivity contribution in [2.45, 2.75) is 57.7 Å². The van der Waals surface area contributed by atoms with E-state index in [1.165, 1.54) is 0 Å². The minimum atomic E-state index is -0.912. The summed E-state index contributed by atoms with van der Waals surface area (Å²) in [6.45, 7) is 4.29. The van der Waals surface area contributed by atoms with E-state index in [4.69, 9.17) is 9.84 Å². The molecule has 2 unspecified atom stereocenters. The van der Waals surface area contributed by atoms with Crippen LogP contribution in [0.3, 0.4) is 0 Å². The van der Waals surface area contributed by atoms with E-state index in [9.17, 15) is 9.59 Å². The number of carboxylic acid groups (broad SMARTS) is 1. The predicted molar refractivity (Wildman–Crippen MR) is 78.0 cm³/mol. The highest BCUT2D eigenvalue weighted by atomic mass is 16.5. The Labute approximate surface area is 125 Å². The van der Waals surface area contributed by atoms with Gasteiger partial charge in [-0.25, -0.2) is 4.79 Å². The summed E-state index contributed by atoms with van der Waals surface area (Å²) < 4.78 is 5.43. The minimum absolute atomic E-state index is 0.105. The number of aliphatic carboxylic acids is 1. The van der Waals surface area contributed by atoms with Crippen molar-refractivity contribution in [2.24, 2.45) is 5.41 Å². The fraction of sp³-hybridized carbons (Fsp3) is 0.867. The van der Waals surface area contributed by atoms with Crippen molar-refractivity contribution >= 4 is 11.9 Å². The summed E-state index contributed by atoms with van der Waals surface area (Å²) >= 11 is 0. The molecule has 0 spiro atoms. The molecule has 2 aliphatic heterocycles. The number of hydrogen-bond donors (Lipinski definition) is 3. The lowest BCUT2D eigenvalue weighted by molar-refractivity contribution is -0.149. The number of rotatable bonds is 6. The molecule has 6 heteroatoms. The highest BCUT2D eigenvalue weighted by Gasteiger charge is 2.39. The van der Waals surface area contributed by atoms with Gasteiger partial charge in [-0.1, -0.05) is 13.3 Å². The molecular formula is C15H26N2O4. The number of amides is 1. The maximum Gasteiger partial charge on any atom is 0.332 e. The maximum atomic E-state index is 12.6. The number of nitrogens with one attached hydrogen (secondary N) is 2. The SMILES string of the molecule is CCCC1(C(=O)NCC2CCC(C(=O)O)O2)CCNCC1. The second-order valence-electron chi connectivity index (χ2n) is 6.15. The first-order valence-electron chi connectivity index (χ1n) is 7.95. The van der Waals surface area contributed by atoms with Gasteiger partial charge in [-0.2, -0.15) is 0 Å². The molecule has 1 amide bonds. The summed E-state index contributed by atoms with van der Waals surface area (Å²) in [4.78, 5) is 23.4. The highest BCUT2D eigenvalue weighted by molar-refractivity contribution is 5.82. The molecular weight excluding hydrogens is 272 g/mol. The largest absolute Gasteiger partial charge is 0.479 e. The Morgan fingerprint density at radius 1 is 1.33 bits per heavy atom. The molecule has 2 aliphatic rings. The smallest absolute Gasteiger partial charge is 0.332 e. The fourth-order valence-electron chi connectivity index (χ4n) is 3.41. The van der Waals surface area contributed by atoms with Crippen LogP contribution in [0.25, 0.3) is 0 Å². The first kappa shape index (κ1) is 16.2. The van der Waals surface area contributed by atoms with Crippen LogP contribution in [0.4, 0.5) is 0 Å². The summed E-state index contributed by atoms with van der Waals surface area (Å²) in [5.74, 6) is -0.808. The summed E-state index contributed by atoms with van der Waals surface area (Å²) in [5.41, 5.74) is -0.259. The van der Waals surface area contributed by atoms with Crippen molar-refractivity contribution in [3.05, 3.63) is 0 Å². The molecule has 0 aromatic rings. The zero-order valence-electron chi connectivity index (χ0n) is 12.7. The Bertz CT molecular complexity index is 374. The van der Waals surface area contributed by atoms with Gasteiger partial charge < -0.3 is 20.5 Å². The first-order chi connectivity index (χ1) is 10.1. The van der Waals surface area contributed by atoms with Crippen LogP contribution in [-0.2, 0) is 14.3 Å². The van der Waals surface area contributed by atoms with Gasteiger partial charge in [-0.15, -0.1) is 0 Å². The molecule has 0 radical (unpaired) electrons. The van der Waals surface area contributed by atoms with E-state index >= 15 is 0 Å². The predicted octanol–water partition coefficient (Wildman–Crippen LogP) is 0.905. The third-order valence-electron chi connectivity index (χ3n) is 4.64. The van der Waals surface area contributed by atoms with Gasteiger partial charge >= 0.3 is 5.97 Å². The zero-order valence-corrected chi connectivity index (χ0v) is 12.7. The molecule has 0 saturated carbocycles. The number of piperidine rings is 1. The lowest BCUT2D eigenvalue weighted by Gasteiger charge is -2.36. The van der Waals surface area contributed by atoms with Crippen molar-refractivity contribution in [1.82, 2.24) is 10.6 Å². The van der Waals surface area contributed by atoms with Crippen molar-refractivity contribution in [2.75, 3.05) is 19.6 Å². The van der Waals surface area contributed by atoms with Crippen LogP contribution in [0, 0.1) is 5.41 Å². The molecule has 0 bridgehead atoms. The van der Waals surface area contributed by atoms with E-state index in [1.807, 2.05) is 0 Å².